The van der Waals surface area contributed by atoms with Crippen LogP contribution in [0.1, 0.15) is 6.92 Å². The number of rotatable bonds is 6. The highest BCUT2D eigenvalue weighted by molar-refractivity contribution is 7.99. The van der Waals surface area contributed by atoms with Crippen molar-refractivity contribution in [1.29, 1.82) is 0 Å². The van der Waals surface area contributed by atoms with E-state index in [0.29, 0.717) is 18.8 Å². The lowest BCUT2D eigenvalue weighted by Gasteiger charge is -2.07. The number of hydrogen-bond acceptors (Lipinski definition) is 4. The van der Waals surface area contributed by atoms with E-state index in [-0.39, 0.29) is 6.03 Å². The molecule has 0 unspecified atom stereocenters. The molecule has 0 fully saturated rings. The van der Waals surface area contributed by atoms with Gasteiger partial charge in [-0.15, -0.1) is 11.8 Å². The van der Waals surface area contributed by atoms with Crippen LogP contribution in [0.4, 0.5) is 10.5 Å². The van der Waals surface area contributed by atoms with Gasteiger partial charge < -0.3 is 15.4 Å². The van der Waals surface area contributed by atoms with Crippen molar-refractivity contribution in [3.63, 3.8) is 0 Å². The number of hydrogen-bond donors (Lipinski definition) is 2. The fourth-order valence-electron chi connectivity index (χ4n) is 1.13. The van der Waals surface area contributed by atoms with E-state index in [2.05, 4.69) is 22.5 Å². The Hall–Kier alpha value is -1.27. The van der Waals surface area contributed by atoms with Crippen LogP contribution in [0.5, 0.6) is 0 Å². The summed E-state index contributed by atoms with van der Waals surface area (Å²) in [6, 6.07) is 3.47. The number of anilines is 1. The summed E-state index contributed by atoms with van der Waals surface area (Å²) in [4.78, 5) is 15.6. The Morgan fingerprint density at radius 2 is 2.35 bits per heavy atom. The third-order valence-electron chi connectivity index (χ3n) is 1.88. The number of urea groups is 1. The highest BCUT2D eigenvalue weighted by Gasteiger charge is 2.01. The summed E-state index contributed by atoms with van der Waals surface area (Å²) >= 11 is 1.66. The van der Waals surface area contributed by atoms with Gasteiger partial charge in [-0.2, -0.15) is 0 Å². The molecule has 0 saturated heterocycles. The first-order valence-corrected chi connectivity index (χ1v) is 6.37. The highest BCUT2D eigenvalue weighted by atomic mass is 32.2. The van der Waals surface area contributed by atoms with Crippen LogP contribution in [-0.2, 0) is 4.74 Å². The van der Waals surface area contributed by atoms with Gasteiger partial charge in [-0.1, -0.05) is 6.92 Å². The van der Waals surface area contributed by atoms with Crippen molar-refractivity contribution in [2.75, 3.05) is 31.3 Å². The average molecular weight is 255 g/mol. The molecule has 0 aliphatic rings. The van der Waals surface area contributed by atoms with Crippen LogP contribution in [0.15, 0.2) is 23.4 Å². The quantitative estimate of drug-likeness (QED) is 0.602. The molecule has 2 amide bonds. The van der Waals surface area contributed by atoms with Crippen molar-refractivity contribution in [2.45, 2.75) is 11.9 Å². The molecule has 17 heavy (non-hydrogen) atoms. The fourth-order valence-corrected chi connectivity index (χ4v) is 1.72. The number of carbonyl (C=O) groups is 1. The minimum absolute atomic E-state index is 0.250. The Balaban J connectivity index is 2.37. The number of nitrogens with one attached hydrogen (secondary N) is 2. The molecule has 0 aromatic carbocycles. The maximum Gasteiger partial charge on any atom is 0.319 e. The number of nitrogens with zero attached hydrogens (tertiary/aromatic N) is 1. The molecule has 0 bridgehead atoms. The van der Waals surface area contributed by atoms with Gasteiger partial charge in [-0.3, -0.25) is 0 Å². The standard InChI is InChI=1S/C11H17N3O2S/c1-3-17-10-5-4-9(8-13-10)14-11(15)12-6-7-16-2/h4-5,8H,3,6-7H2,1-2H3,(H2,12,14,15). The van der Waals surface area contributed by atoms with Crippen LogP contribution in [-0.4, -0.2) is 37.0 Å². The second kappa shape index (κ2) is 7.92. The summed E-state index contributed by atoms with van der Waals surface area (Å²) in [5.74, 6) is 0.983. The molecule has 0 atom stereocenters. The number of carbonyl (C=O) groups excluding carboxylic acids is 1. The molecule has 0 radical (unpaired) electrons. The van der Waals surface area contributed by atoms with Crippen LogP contribution < -0.4 is 10.6 Å². The predicted octanol–water partition coefficient (Wildman–Crippen LogP) is 1.96. The van der Waals surface area contributed by atoms with Crippen molar-refractivity contribution < 1.29 is 9.53 Å². The molecule has 5 nitrogen and oxygen atoms in total. The van der Waals surface area contributed by atoms with Gasteiger partial charge in [0, 0.05) is 13.7 Å². The first-order chi connectivity index (χ1) is 8.26. The van der Waals surface area contributed by atoms with E-state index in [1.165, 1.54) is 0 Å². The number of pyridine rings is 1. The summed E-state index contributed by atoms with van der Waals surface area (Å²) in [7, 11) is 1.59. The zero-order valence-electron chi connectivity index (χ0n) is 10.0. The van der Waals surface area contributed by atoms with Gasteiger partial charge in [0.1, 0.15) is 0 Å². The van der Waals surface area contributed by atoms with E-state index in [1.807, 2.05) is 12.1 Å². The van der Waals surface area contributed by atoms with Crippen LogP contribution in [0.25, 0.3) is 0 Å². The molecule has 1 aromatic rings. The van der Waals surface area contributed by atoms with Gasteiger partial charge in [0.2, 0.25) is 0 Å². The van der Waals surface area contributed by atoms with E-state index in [9.17, 15) is 4.79 Å². The SMILES string of the molecule is CCSc1ccc(NC(=O)NCCOC)cn1. The molecule has 1 heterocycles. The van der Waals surface area contributed by atoms with E-state index in [4.69, 9.17) is 4.74 Å². The van der Waals surface area contributed by atoms with Gasteiger partial charge in [0.25, 0.3) is 0 Å². The summed E-state index contributed by atoms with van der Waals surface area (Å²) in [5.41, 5.74) is 0.681. The summed E-state index contributed by atoms with van der Waals surface area (Å²) < 4.78 is 4.83. The highest BCUT2D eigenvalue weighted by Crippen LogP contribution is 2.16. The average Bonchev–Trinajstić information content (AvgIpc) is 2.32. The first kappa shape index (κ1) is 13.8. The van der Waals surface area contributed by atoms with E-state index in [1.54, 1.807) is 25.1 Å². The topological polar surface area (TPSA) is 63.2 Å². The molecule has 6 heteroatoms. The molecule has 0 spiro atoms. The van der Waals surface area contributed by atoms with Crippen molar-refractivity contribution in [1.82, 2.24) is 10.3 Å². The van der Waals surface area contributed by atoms with Gasteiger partial charge in [-0.25, -0.2) is 9.78 Å². The lowest BCUT2D eigenvalue weighted by atomic mass is 10.4. The molecule has 0 aliphatic heterocycles. The van der Waals surface area contributed by atoms with Crippen molar-refractivity contribution in [3.8, 4) is 0 Å². The zero-order chi connectivity index (χ0) is 12.5. The van der Waals surface area contributed by atoms with Crippen LogP contribution in [0, 0.1) is 0 Å². The maximum atomic E-state index is 11.4. The number of thioether (sulfide) groups is 1. The minimum Gasteiger partial charge on any atom is -0.383 e. The predicted molar refractivity (Wildman–Crippen MR) is 69.5 cm³/mol. The first-order valence-electron chi connectivity index (χ1n) is 5.39. The Labute approximate surface area is 105 Å². The summed E-state index contributed by atoms with van der Waals surface area (Å²) in [6.07, 6.45) is 1.65. The van der Waals surface area contributed by atoms with E-state index >= 15 is 0 Å². The van der Waals surface area contributed by atoms with Gasteiger partial charge >= 0.3 is 6.03 Å². The summed E-state index contributed by atoms with van der Waals surface area (Å²) in [5, 5.41) is 6.31. The Morgan fingerprint density at radius 1 is 1.53 bits per heavy atom. The zero-order valence-corrected chi connectivity index (χ0v) is 10.8. The second-order valence-corrected chi connectivity index (χ2v) is 4.48. The second-order valence-electron chi connectivity index (χ2n) is 3.19. The van der Waals surface area contributed by atoms with Crippen molar-refractivity contribution >= 4 is 23.5 Å². The normalized spacial score (nSPS) is 10.0. The smallest absolute Gasteiger partial charge is 0.319 e. The number of methoxy groups -OCH3 is 1. The van der Waals surface area contributed by atoms with E-state index < -0.39 is 0 Å². The lowest BCUT2D eigenvalue weighted by molar-refractivity contribution is 0.198. The molecular weight excluding hydrogens is 238 g/mol. The lowest BCUT2D eigenvalue weighted by Crippen LogP contribution is -2.31. The minimum atomic E-state index is -0.250. The number of ether oxygens (including phenoxy) is 1. The van der Waals surface area contributed by atoms with Gasteiger partial charge in [-0.05, 0) is 17.9 Å². The van der Waals surface area contributed by atoms with Gasteiger partial charge in [0.15, 0.2) is 0 Å². The van der Waals surface area contributed by atoms with Crippen LogP contribution in [0.2, 0.25) is 0 Å². The molecule has 94 valence electrons. The summed E-state index contributed by atoms with van der Waals surface area (Å²) in [6.45, 7) is 3.05. The van der Waals surface area contributed by atoms with Crippen LogP contribution in [0.3, 0.4) is 0 Å². The third-order valence-corrected chi connectivity index (χ3v) is 2.70. The van der Waals surface area contributed by atoms with E-state index in [0.717, 1.165) is 10.8 Å². The molecule has 1 aromatic heterocycles. The Morgan fingerprint density at radius 3 is 2.94 bits per heavy atom. The van der Waals surface area contributed by atoms with Crippen molar-refractivity contribution in [2.24, 2.45) is 0 Å². The molecule has 0 aliphatic carbocycles. The fraction of sp³-hybridized carbons (Fsp3) is 0.455. The molecular formula is C11H17N3O2S. The Kier molecular flexibility index (Phi) is 6.42. The largest absolute Gasteiger partial charge is 0.383 e. The maximum absolute atomic E-state index is 11.4. The van der Waals surface area contributed by atoms with Gasteiger partial charge in [0.05, 0.1) is 23.5 Å². The van der Waals surface area contributed by atoms with Crippen LogP contribution >= 0.6 is 11.8 Å². The molecule has 2 N–H and O–H groups in total. The molecule has 1 rings (SSSR count). The molecule has 0 saturated carbocycles. The number of aromatic nitrogens is 1. The number of amides is 2. The third kappa shape index (κ3) is 5.55. The Bertz CT molecular complexity index is 343. The van der Waals surface area contributed by atoms with Crippen molar-refractivity contribution in [3.05, 3.63) is 18.3 Å². The monoisotopic (exact) mass is 255 g/mol.